The van der Waals surface area contributed by atoms with Crippen LogP contribution in [0.1, 0.15) is 27.7 Å². The van der Waals surface area contributed by atoms with Gasteiger partial charge in [-0.25, -0.2) is 0 Å². The van der Waals surface area contributed by atoms with E-state index in [2.05, 4.69) is 17.2 Å². The molecule has 4 heteroatoms. The number of carbonyl (C=O) groups excluding carboxylic acids is 1. The van der Waals surface area contributed by atoms with Gasteiger partial charge in [0.2, 0.25) is 0 Å². The van der Waals surface area contributed by atoms with Crippen molar-refractivity contribution in [1.29, 1.82) is 0 Å². The molecular weight excluding hydrogens is 270 g/mol. The minimum Gasteiger partial charge on any atom is -0.384 e. The molecule has 0 aliphatic heterocycles. The summed E-state index contributed by atoms with van der Waals surface area (Å²) in [6.07, 6.45) is 0.832. The molecule has 2 N–H and O–H groups in total. The molecule has 0 aliphatic carbocycles. The number of aliphatic hydroxyl groups is 1. The van der Waals surface area contributed by atoms with Crippen molar-refractivity contribution in [1.82, 2.24) is 0 Å². The van der Waals surface area contributed by atoms with E-state index >= 15 is 0 Å². The molecule has 0 radical (unpaired) electrons. The third-order valence-electron chi connectivity index (χ3n) is 2.81. The van der Waals surface area contributed by atoms with Crippen LogP contribution in [0.5, 0.6) is 0 Å². The number of nitrogens with one attached hydrogen (secondary N) is 1. The Balaban J connectivity index is 2.24. The number of para-hydroxylation sites is 1. The predicted molar refractivity (Wildman–Crippen MR) is 82.1 cm³/mol. The van der Waals surface area contributed by atoms with Gasteiger partial charge in [0.05, 0.1) is 10.6 Å². The highest BCUT2D eigenvalue weighted by Crippen LogP contribution is 2.21. The van der Waals surface area contributed by atoms with Gasteiger partial charge in [-0.2, -0.15) is 0 Å². The van der Waals surface area contributed by atoms with Crippen LogP contribution < -0.4 is 5.32 Å². The molecule has 0 saturated heterocycles. The summed E-state index contributed by atoms with van der Waals surface area (Å²) in [5.41, 5.74) is 2.41. The van der Waals surface area contributed by atoms with Crippen LogP contribution in [-0.2, 0) is 6.42 Å². The van der Waals surface area contributed by atoms with Gasteiger partial charge < -0.3 is 10.4 Å². The molecular formula is C16H15NO2S. The summed E-state index contributed by atoms with van der Waals surface area (Å²) in [6, 6.07) is 9.28. The summed E-state index contributed by atoms with van der Waals surface area (Å²) < 4.78 is 0. The number of anilines is 1. The molecule has 2 aromatic rings. The molecule has 0 aliphatic rings. The van der Waals surface area contributed by atoms with Gasteiger partial charge in [0.1, 0.15) is 6.61 Å². The average molecular weight is 285 g/mol. The number of hydrogen-bond acceptors (Lipinski definition) is 3. The van der Waals surface area contributed by atoms with E-state index in [-0.39, 0.29) is 12.5 Å². The van der Waals surface area contributed by atoms with Crippen LogP contribution in [0.3, 0.4) is 0 Å². The maximum Gasteiger partial charge on any atom is 0.266 e. The summed E-state index contributed by atoms with van der Waals surface area (Å²) in [4.78, 5) is 13.0. The van der Waals surface area contributed by atoms with Crippen LogP contribution in [-0.4, -0.2) is 17.6 Å². The van der Waals surface area contributed by atoms with Gasteiger partial charge in [-0.1, -0.05) is 30.9 Å². The van der Waals surface area contributed by atoms with Crippen LogP contribution >= 0.6 is 11.3 Å². The predicted octanol–water partition coefficient (Wildman–Crippen LogP) is 2.91. The summed E-state index contributed by atoms with van der Waals surface area (Å²) in [5.74, 6) is 5.31. The molecule has 0 bridgehead atoms. The number of aryl methyl sites for hydroxylation is 1. The molecule has 0 saturated carbocycles. The second-order valence-corrected chi connectivity index (χ2v) is 5.00. The molecule has 1 aromatic carbocycles. The summed E-state index contributed by atoms with van der Waals surface area (Å²) in [5, 5.41) is 13.6. The van der Waals surface area contributed by atoms with E-state index in [9.17, 15) is 4.79 Å². The van der Waals surface area contributed by atoms with Crippen molar-refractivity contribution in [2.75, 3.05) is 11.9 Å². The number of thiophene rings is 1. The highest BCUT2D eigenvalue weighted by molar-refractivity contribution is 7.12. The van der Waals surface area contributed by atoms with Crippen molar-refractivity contribution in [2.45, 2.75) is 13.3 Å². The third kappa shape index (κ3) is 3.27. The van der Waals surface area contributed by atoms with Crippen molar-refractivity contribution in [3.8, 4) is 11.8 Å². The van der Waals surface area contributed by atoms with Crippen molar-refractivity contribution in [3.05, 3.63) is 51.7 Å². The van der Waals surface area contributed by atoms with Gasteiger partial charge in [0.15, 0.2) is 0 Å². The Morgan fingerprint density at radius 1 is 1.35 bits per heavy atom. The molecule has 1 amide bonds. The van der Waals surface area contributed by atoms with Gasteiger partial charge in [0.25, 0.3) is 5.91 Å². The number of carbonyl (C=O) groups is 1. The van der Waals surface area contributed by atoms with Gasteiger partial charge in [-0.3, -0.25) is 4.79 Å². The molecule has 0 spiro atoms. The molecule has 0 fully saturated rings. The second kappa shape index (κ2) is 6.90. The second-order valence-electron chi connectivity index (χ2n) is 4.09. The van der Waals surface area contributed by atoms with Gasteiger partial charge in [-0.15, -0.1) is 11.3 Å². The first-order valence-corrected chi connectivity index (χ1v) is 7.20. The fourth-order valence-electron chi connectivity index (χ4n) is 1.83. The fraction of sp³-hybridized carbons (Fsp3) is 0.188. The zero-order valence-corrected chi connectivity index (χ0v) is 12.0. The first-order chi connectivity index (χ1) is 9.76. The summed E-state index contributed by atoms with van der Waals surface area (Å²) in [6.45, 7) is 1.83. The Kier molecular flexibility index (Phi) is 4.94. The lowest BCUT2D eigenvalue weighted by Crippen LogP contribution is -2.12. The highest BCUT2D eigenvalue weighted by Gasteiger charge is 2.13. The zero-order valence-electron chi connectivity index (χ0n) is 11.1. The average Bonchev–Trinajstić information content (AvgIpc) is 2.95. The standard InChI is InChI=1S/C16H15NO2S/c1-2-12-9-11-20-15(12)16(19)17-14-8-4-3-6-13(14)7-5-10-18/h3-4,6,8-9,11,18H,2,10H2,1H3,(H,17,19). The minimum absolute atomic E-state index is 0.116. The van der Waals surface area contributed by atoms with Gasteiger partial charge >= 0.3 is 0 Å². The van der Waals surface area contributed by atoms with Crippen molar-refractivity contribution < 1.29 is 9.90 Å². The molecule has 1 heterocycles. The normalized spacial score (nSPS) is 9.70. The van der Waals surface area contributed by atoms with E-state index in [1.54, 1.807) is 6.07 Å². The number of amides is 1. The van der Waals surface area contributed by atoms with Crippen LogP contribution in [0.25, 0.3) is 0 Å². The molecule has 2 rings (SSSR count). The molecule has 1 aromatic heterocycles. The molecule has 20 heavy (non-hydrogen) atoms. The number of hydrogen-bond donors (Lipinski definition) is 2. The number of aliphatic hydroxyl groups excluding tert-OH is 1. The van der Waals surface area contributed by atoms with Gasteiger partial charge in [-0.05, 0) is 35.6 Å². The lowest BCUT2D eigenvalue weighted by atomic mass is 10.1. The lowest BCUT2D eigenvalue weighted by Gasteiger charge is -2.07. The summed E-state index contributed by atoms with van der Waals surface area (Å²) in [7, 11) is 0. The van der Waals surface area contributed by atoms with Crippen molar-refractivity contribution >= 4 is 22.9 Å². The van der Waals surface area contributed by atoms with E-state index < -0.39 is 0 Å². The van der Waals surface area contributed by atoms with Crippen LogP contribution in [0.2, 0.25) is 0 Å². The Hall–Kier alpha value is -2.09. The van der Waals surface area contributed by atoms with Crippen molar-refractivity contribution in [2.24, 2.45) is 0 Å². The molecule has 0 atom stereocenters. The smallest absolute Gasteiger partial charge is 0.266 e. The molecule has 0 unspecified atom stereocenters. The first kappa shape index (κ1) is 14.3. The minimum atomic E-state index is -0.201. The number of rotatable bonds is 3. The Morgan fingerprint density at radius 2 is 2.15 bits per heavy atom. The van der Waals surface area contributed by atoms with Crippen LogP contribution in [0, 0.1) is 11.8 Å². The van der Waals surface area contributed by atoms with E-state index in [1.807, 2.05) is 36.6 Å². The quantitative estimate of drug-likeness (QED) is 0.852. The maximum atomic E-state index is 12.3. The van der Waals surface area contributed by atoms with E-state index in [0.29, 0.717) is 11.3 Å². The lowest BCUT2D eigenvalue weighted by molar-refractivity contribution is 0.103. The highest BCUT2D eigenvalue weighted by atomic mass is 32.1. The monoisotopic (exact) mass is 285 g/mol. The zero-order chi connectivity index (χ0) is 14.4. The Labute approximate surface area is 122 Å². The van der Waals surface area contributed by atoms with Crippen LogP contribution in [0.15, 0.2) is 35.7 Å². The SMILES string of the molecule is CCc1ccsc1C(=O)Nc1ccccc1C#CCO. The largest absolute Gasteiger partial charge is 0.384 e. The van der Waals surface area contributed by atoms with E-state index in [0.717, 1.165) is 16.9 Å². The van der Waals surface area contributed by atoms with Crippen LogP contribution in [0.4, 0.5) is 5.69 Å². The first-order valence-electron chi connectivity index (χ1n) is 6.32. The van der Waals surface area contributed by atoms with E-state index in [4.69, 9.17) is 5.11 Å². The van der Waals surface area contributed by atoms with Gasteiger partial charge in [0, 0.05) is 5.56 Å². The summed E-state index contributed by atoms with van der Waals surface area (Å²) >= 11 is 1.44. The molecule has 3 nitrogen and oxygen atoms in total. The number of benzene rings is 1. The maximum absolute atomic E-state index is 12.3. The Bertz CT molecular complexity index is 664. The third-order valence-corrected chi connectivity index (χ3v) is 3.77. The topological polar surface area (TPSA) is 49.3 Å². The van der Waals surface area contributed by atoms with Crippen molar-refractivity contribution in [3.63, 3.8) is 0 Å². The van der Waals surface area contributed by atoms with E-state index in [1.165, 1.54) is 11.3 Å². The fourth-order valence-corrected chi connectivity index (χ4v) is 2.72. The molecule has 102 valence electrons. The Morgan fingerprint density at radius 3 is 2.90 bits per heavy atom.